The van der Waals surface area contributed by atoms with Crippen LogP contribution in [0.25, 0.3) is 0 Å². The van der Waals surface area contributed by atoms with Gasteiger partial charge in [-0.15, -0.1) is 0 Å². The second kappa shape index (κ2) is 7.71. The van der Waals surface area contributed by atoms with Crippen molar-refractivity contribution in [3.05, 3.63) is 46.4 Å². The van der Waals surface area contributed by atoms with Gasteiger partial charge in [-0.2, -0.15) is 0 Å². The van der Waals surface area contributed by atoms with Gasteiger partial charge in [0.15, 0.2) is 0 Å². The Labute approximate surface area is 151 Å². The van der Waals surface area contributed by atoms with Gasteiger partial charge in [0.2, 0.25) is 0 Å². The van der Waals surface area contributed by atoms with Crippen molar-refractivity contribution in [1.82, 2.24) is 0 Å². The quantitative estimate of drug-likeness (QED) is 0.688. The lowest BCUT2D eigenvalue weighted by atomic mass is 10.1. The molecule has 4 nitrogen and oxygen atoms in total. The Morgan fingerprint density at radius 2 is 1.79 bits per heavy atom. The van der Waals surface area contributed by atoms with Gasteiger partial charge < -0.3 is 14.4 Å². The molecule has 3 rings (SSSR count). The largest absolute Gasteiger partial charge is 0.496 e. The average Bonchev–Trinajstić information content (AvgIpc) is 3.13. The smallest absolute Gasteiger partial charge is 0.143 e. The number of ether oxygens (including phenoxy) is 2. The van der Waals surface area contributed by atoms with Gasteiger partial charge in [-0.05, 0) is 37.1 Å². The first-order valence-corrected chi connectivity index (χ1v) is 8.81. The molecular formula is C19H21BrN2O2. The number of nitrogens with zero attached hydrogens (tertiary/aromatic N) is 2. The fraction of sp³-hybridized carbons (Fsp3) is 0.316. The van der Waals surface area contributed by atoms with E-state index in [0.717, 1.165) is 46.0 Å². The van der Waals surface area contributed by atoms with Crippen LogP contribution in [0.5, 0.6) is 11.5 Å². The molecule has 2 aromatic carbocycles. The standard InChI is InChI=1S/C19H21BrN2O2/c1-23-18-12-17(22-8-3-4-9-22)19(24-2)10-14(18)13-21-16-7-5-6-15(20)11-16/h5-7,10-13H,3-4,8-9H2,1-2H3. The van der Waals surface area contributed by atoms with Crippen LogP contribution in [0.15, 0.2) is 45.9 Å². The molecule has 1 aliphatic heterocycles. The van der Waals surface area contributed by atoms with Crippen LogP contribution >= 0.6 is 15.9 Å². The molecule has 0 amide bonds. The summed E-state index contributed by atoms with van der Waals surface area (Å²) in [5.74, 6) is 1.66. The fourth-order valence-corrected chi connectivity index (χ4v) is 3.30. The van der Waals surface area contributed by atoms with Crippen molar-refractivity contribution in [3.63, 3.8) is 0 Å². The highest BCUT2D eigenvalue weighted by atomic mass is 79.9. The van der Waals surface area contributed by atoms with Crippen molar-refractivity contribution in [1.29, 1.82) is 0 Å². The normalized spacial score (nSPS) is 14.4. The molecule has 0 spiro atoms. The molecule has 1 saturated heterocycles. The highest BCUT2D eigenvalue weighted by Crippen LogP contribution is 2.36. The molecule has 1 fully saturated rings. The molecule has 2 aromatic rings. The topological polar surface area (TPSA) is 34.1 Å². The minimum absolute atomic E-state index is 0.802. The van der Waals surface area contributed by atoms with Crippen molar-refractivity contribution >= 4 is 33.5 Å². The van der Waals surface area contributed by atoms with Crippen LogP contribution in [-0.4, -0.2) is 33.5 Å². The van der Waals surface area contributed by atoms with Crippen LogP contribution in [0, 0.1) is 0 Å². The highest BCUT2D eigenvalue weighted by molar-refractivity contribution is 9.10. The van der Waals surface area contributed by atoms with Crippen LogP contribution in [0.1, 0.15) is 18.4 Å². The molecule has 0 atom stereocenters. The molecule has 0 aliphatic carbocycles. The Balaban J connectivity index is 1.95. The third-order valence-corrected chi connectivity index (χ3v) is 4.63. The van der Waals surface area contributed by atoms with Crippen molar-refractivity contribution in [2.75, 3.05) is 32.2 Å². The third-order valence-electron chi connectivity index (χ3n) is 4.14. The second-order valence-corrected chi connectivity index (χ2v) is 6.61. The third kappa shape index (κ3) is 3.73. The van der Waals surface area contributed by atoms with Crippen LogP contribution in [0.3, 0.4) is 0 Å². The number of halogens is 1. The van der Waals surface area contributed by atoms with Gasteiger partial charge in [0.05, 0.1) is 25.6 Å². The maximum Gasteiger partial charge on any atom is 0.143 e. The Bertz CT molecular complexity index is 740. The molecule has 0 bridgehead atoms. The van der Waals surface area contributed by atoms with Gasteiger partial charge in [-0.25, -0.2) is 0 Å². The SMILES string of the molecule is COc1cc(N2CCCC2)c(OC)cc1C=Nc1cccc(Br)c1. The lowest BCUT2D eigenvalue weighted by Crippen LogP contribution is -2.18. The fourth-order valence-electron chi connectivity index (χ4n) is 2.91. The highest BCUT2D eigenvalue weighted by Gasteiger charge is 2.19. The van der Waals surface area contributed by atoms with Gasteiger partial charge in [0, 0.05) is 35.4 Å². The van der Waals surface area contributed by atoms with E-state index in [-0.39, 0.29) is 0 Å². The zero-order valence-corrected chi connectivity index (χ0v) is 15.5. The number of rotatable bonds is 5. The molecule has 0 saturated carbocycles. The molecule has 0 radical (unpaired) electrons. The second-order valence-electron chi connectivity index (χ2n) is 5.70. The van der Waals surface area contributed by atoms with E-state index in [4.69, 9.17) is 9.47 Å². The average molecular weight is 389 g/mol. The van der Waals surface area contributed by atoms with E-state index >= 15 is 0 Å². The number of methoxy groups -OCH3 is 2. The van der Waals surface area contributed by atoms with E-state index in [1.165, 1.54) is 12.8 Å². The summed E-state index contributed by atoms with van der Waals surface area (Å²) in [6.07, 6.45) is 4.26. The zero-order valence-electron chi connectivity index (χ0n) is 14.0. The van der Waals surface area contributed by atoms with Crippen molar-refractivity contribution < 1.29 is 9.47 Å². The summed E-state index contributed by atoms with van der Waals surface area (Å²) in [4.78, 5) is 6.89. The van der Waals surface area contributed by atoms with E-state index in [1.54, 1.807) is 14.2 Å². The summed E-state index contributed by atoms with van der Waals surface area (Å²) >= 11 is 3.46. The first kappa shape index (κ1) is 16.8. The van der Waals surface area contributed by atoms with E-state index in [9.17, 15) is 0 Å². The van der Waals surface area contributed by atoms with Gasteiger partial charge in [-0.1, -0.05) is 22.0 Å². The Hall–Kier alpha value is -2.01. The molecule has 5 heteroatoms. The number of anilines is 1. The lowest BCUT2D eigenvalue weighted by molar-refractivity contribution is 0.402. The Morgan fingerprint density at radius 1 is 1.04 bits per heavy atom. The van der Waals surface area contributed by atoms with E-state index < -0.39 is 0 Å². The molecule has 0 unspecified atom stereocenters. The van der Waals surface area contributed by atoms with Crippen LogP contribution in [-0.2, 0) is 0 Å². The first-order valence-electron chi connectivity index (χ1n) is 8.02. The monoisotopic (exact) mass is 388 g/mol. The van der Waals surface area contributed by atoms with Crippen molar-refractivity contribution in [2.24, 2.45) is 4.99 Å². The molecule has 1 aliphatic rings. The minimum atomic E-state index is 0.802. The van der Waals surface area contributed by atoms with E-state index in [0.29, 0.717) is 0 Å². The number of aliphatic imine (C=N–C) groups is 1. The van der Waals surface area contributed by atoms with Crippen LogP contribution in [0.4, 0.5) is 11.4 Å². The predicted molar refractivity (Wildman–Crippen MR) is 102 cm³/mol. The molecule has 0 N–H and O–H groups in total. The van der Waals surface area contributed by atoms with Gasteiger partial charge in [0.25, 0.3) is 0 Å². The zero-order chi connectivity index (χ0) is 16.9. The van der Waals surface area contributed by atoms with Crippen molar-refractivity contribution in [2.45, 2.75) is 12.8 Å². The summed E-state index contributed by atoms with van der Waals surface area (Å²) in [6.45, 7) is 2.12. The maximum atomic E-state index is 5.60. The van der Waals surface area contributed by atoms with E-state index in [1.807, 2.05) is 42.6 Å². The van der Waals surface area contributed by atoms with Gasteiger partial charge in [0.1, 0.15) is 11.5 Å². The van der Waals surface area contributed by atoms with Crippen molar-refractivity contribution in [3.8, 4) is 11.5 Å². The molecule has 24 heavy (non-hydrogen) atoms. The minimum Gasteiger partial charge on any atom is -0.496 e. The summed E-state index contributed by atoms with van der Waals surface area (Å²) in [6, 6.07) is 11.9. The van der Waals surface area contributed by atoms with Gasteiger partial charge >= 0.3 is 0 Å². The molecule has 0 aromatic heterocycles. The molecule has 1 heterocycles. The maximum absolute atomic E-state index is 5.60. The predicted octanol–water partition coefficient (Wildman–Crippen LogP) is 4.82. The summed E-state index contributed by atoms with van der Waals surface area (Å²) in [7, 11) is 3.39. The molecular weight excluding hydrogens is 368 g/mol. The summed E-state index contributed by atoms with van der Waals surface area (Å²) < 4.78 is 12.2. The first-order chi connectivity index (χ1) is 11.7. The summed E-state index contributed by atoms with van der Waals surface area (Å²) in [5.41, 5.74) is 2.87. The van der Waals surface area contributed by atoms with E-state index in [2.05, 4.69) is 25.8 Å². The summed E-state index contributed by atoms with van der Waals surface area (Å²) in [5, 5.41) is 0. The van der Waals surface area contributed by atoms with Gasteiger partial charge in [-0.3, -0.25) is 4.99 Å². The Morgan fingerprint density at radius 3 is 2.46 bits per heavy atom. The number of hydrogen-bond donors (Lipinski definition) is 0. The lowest BCUT2D eigenvalue weighted by Gasteiger charge is -2.22. The number of benzene rings is 2. The van der Waals surface area contributed by atoms with Crippen LogP contribution in [0.2, 0.25) is 0 Å². The Kier molecular flexibility index (Phi) is 5.41. The number of hydrogen-bond acceptors (Lipinski definition) is 4. The molecule has 126 valence electrons. The van der Waals surface area contributed by atoms with Crippen LogP contribution < -0.4 is 14.4 Å².